The first kappa shape index (κ1) is 22.1. The number of hydrogen-bond donors (Lipinski definition) is 0. The number of ketones is 2. The molecule has 0 N–H and O–H groups in total. The van der Waals surface area contributed by atoms with E-state index >= 15 is 0 Å². The molecule has 174 valence electrons. The zero-order valence-corrected chi connectivity index (χ0v) is 21.1. The molecule has 0 aromatic carbocycles. The van der Waals surface area contributed by atoms with Crippen LogP contribution in [0.15, 0.2) is 0 Å². The second-order valence-corrected chi connectivity index (χ2v) is 13.6. The summed E-state index contributed by atoms with van der Waals surface area (Å²) >= 11 is 0. The van der Waals surface area contributed by atoms with Gasteiger partial charge >= 0.3 is 0 Å². The largest absolute Gasteiger partial charge is 0.299 e. The van der Waals surface area contributed by atoms with E-state index in [1.165, 1.54) is 51.4 Å². The molecule has 2 heteroatoms. The van der Waals surface area contributed by atoms with Crippen molar-refractivity contribution in [2.24, 2.45) is 57.2 Å². The molecule has 0 bridgehead atoms. The van der Waals surface area contributed by atoms with Crippen LogP contribution in [0.2, 0.25) is 0 Å². The Bertz CT molecular complexity index is 784. The van der Waals surface area contributed by atoms with E-state index < -0.39 is 0 Å². The van der Waals surface area contributed by atoms with Crippen molar-refractivity contribution in [1.29, 1.82) is 0 Å². The third kappa shape index (κ3) is 2.69. The van der Waals surface area contributed by atoms with Crippen molar-refractivity contribution in [3.63, 3.8) is 0 Å². The zero-order valence-electron chi connectivity index (χ0n) is 21.1. The number of carbonyl (C=O) groups excluding carboxylic acids is 2. The number of hydrogen-bond acceptors (Lipinski definition) is 2. The van der Waals surface area contributed by atoms with Gasteiger partial charge in [-0.2, -0.15) is 0 Å². The Morgan fingerprint density at radius 2 is 1.71 bits per heavy atom. The molecule has 5 rings (SSSR count). The maximum atomic E-state index is 12.5. The highest BCUT2D eigenvalue weighted by atomic mass is 16.1. The lowest BCUT2D eigenvalue weighted by Crippen LogP contribution is -2.55. The molecule has 2 nitrogen and oxygen atoms in total. The second kappa shape index (κ2) is 6.92. The van der Waals surface area contributed by atoms with Crippen LogP contribution in [0.1, 0.15) is 112 Å². The van der Waals surface area contributed by atoms with E-state index in [1.54, 1.807) is 0 Å². The monoisotopic (exact) mass is 426 g/mol. The van der Waals surface area contributed by atoms with E-state index in [2.05, 4.69) is 27.7 Å². The van der Waals surface area contributed by atoms with Gasteiger partial charge in [0.15, 0.2) is 0 Å². The van der Waals surface area contributed by atoms with Gasteiger partial charge in [0.25, 0.3) is 0 Å². The molecule has 0 aliphatic heterocycles. The molecule has 0 heterocycles. The van der Waals surface area contributed by atoms with Crippen LogP contribution in [-0.2, 0) is 9.59 Å². The Balaban J connectivity index is 1.38. The number of fused-ring (bicyclic) bond motifs is 2. The van der Waals surface area contributed by atoms with Crippen LogP contribution in [0.5, 0.6) is 0 Å². The first-order valence-electron chi connectivity index (χ1n) is 13.6. The fourth-order valence-corrected chi connectivity index (χ4v) is 10.7. The SMILES string of the molecule is CC(C)C(=O)CCC(C)C1CCC2(C)C3CCC4C(C)C(=O)CCC45CC35CCC12C. The fraction of sp³-hybridized carbons (Fsp3) is 0.931. The maximum Gasteiger partial charge on any atom is 0.136 e. The van der Waals surface area contributed by atoms with Crippen LogP contribution < -0.4 is 0 Å². The van der Waals surface area contributed by atoms with Gasteiger partial charge in [0.2, 0.25) is 0 Å². The summed E-state index contributed by atoms with van der Waals surface area (Å²) in [7, 11) is 0. The van der Waals surface area contributed by atoms with Crippen LogP contribution >= 0.6 is 0 Å². The van der Waals surface area contributed by atoms with Crippen molar-refractivity contribution >= 4 is 11.6 Å². The van der Waals surface area contributed by atoms with Gasteiger partial charge in [0.05, 0.1) is 0 Å². The third-order valence-corrected chi connectivity index (χ3v) is 12.7. The van der Waals surface area contributed by atoms with Gasteiger partial charge in [0, 0.05) is 24.7 Å². The van der Waals surface area contributed by atoms with Crippen LogP contribution in [0, 0.1) is 57.2 Å². The average Bonchev–Trinajstić information content (AvgIpc) is 3.31. The van der Waals surface area contributed by atoms with E-state index in [0.717, 1.165) is 31.1 Å². The molecule has 5 aliphatic rings. The summed E-state index contributed by atoms with van der Waals surface area (Å²) in [6.45, 7) is 14.1. The van der Waals surface area contributed by atoms with Gasteiger partial charge in [-0.1, -0.05) is 41.5 Å². The minimum atomic E-state index is 0.178. The predicted octanol–water partition coefficient (Wildman–Crippen LogP) is 7.25. The number of carbonyl (C=O) groups is 2. The van der Waals surface area contributed by atoms with Crippen LogP contribution in [0.25, 0.3) is 0 Å². The normalized spacial score (nSPS) is 51.5. The lowest BCUT2D eigenvalue weighted by atomic mass is 9.43. The second-order valence-electron chi connectivity index (χ2n) is 13.6. The van der Waals surface area contributed by atoms with Gasteiger partial charge in [0.1, 0.15) is 11.6 Å². The summed E-state index contributed by atoms with van der Waals surface area (Å²) in [5.41, 5.74) is 1.95. The molecule has 5 saturated carbocycles. The Hall–Kier alpha value is -0.660. The summed E-state index contributed by atoms with van der Waals surface area (Å²) < 4.78 is 0. The van der Waals surface area contributed by atoms with E-state index in [1.807, 2.05) is 13.8 Å². The number of Topliss-reactive ketones (excluding diaryl/α,β-unsaturated/α-hetero) is 2. The van der Waals surface area contributed by atoms with Gasteiger partial charge in [-0.05, 0) is 103 Å². The zero-order chi connectivity index (χ0) is 22.4. The smallest absolute Gasteiger partial charge is 0.136 e. The lowest BCUT2D eigenvalue weighted by Gasteiger charge is -2.61. The van der Waals surface area contributed by atoms with Crippen molar-refractivity contribution in [2.75, 3.05) is 0 Å². The van der Waals surface area contributed by atoms with Crippen molar-refractivity contribution in [1.82, 2.24) is 0 Å². The molecule has 0 aromatic rings. The van der Waals surface area contributed by atoms with Gasteiger partial charge in [-0.3, -0.25) is 9.59 Å². The predicted molar refractivity (Wildman–Crippen MR) is 126 cm³/mol. The Morgan fingerprint density at radius 1 is 0.968 bits per heavy atom. The van der Waals surface area contributed by atoms with Gasteiger partial charge in [-0.25, -0.2) is 0 Å². The van der Waals surface area contributed by atoms with E-state index in [4.69, 9.17) is 0 Å². The summed E-state index contributed by atoms with van der Waals surface area (Å²) in [4.78, 5) is 24.8. The first-order chi connectivity index (χ1) is 14.5. The highest BCUT2D eigenvalue weighted by Crippen LogP contribution is 2.88. The van der Waals surface area contributed by atoms with Crippen molar-refractivity contribution in [2.45, 2.75) is 112 Å². The van der Waals surface area contributed by atoms with Crippen molar-refractivity contribution < 1.29 is 9.59 Å². The summed E-state index contributed by atoms with van der Waals surface area (Å²) in [6, 6.07) is 0. The molecule has 0 radical (unpaired) electrons. The van der Waals surface area contributed by atoms with Crippen LogP contribution in [-0.4, -0.2) is 11.6 Å². The van der Waals surface area contributed by atoms with Crippen LogP contribution in [0.4, 0.5) is 0 Å². The van der Waals surface area contributed by atoms with Gasteiger partial charge < -0.3 is 0 Å². The molecule has 9 atom stereocenters. The molecule has 2 spiro atoms. The highest BCUT2D eigenvalue weighted by molar-refractivity contribution is 5.82. The molecule has 0 amide bonds. The molecule has 0 aromatic heterocycles. The Labute approximate surface area is 190 Å². The molecule has 9 unspecified atom stereocenters. The van der Waals surface area contributed by atoms with E-state index in [-0.39, 0.29) is 5.92 Å². The third-order valence-electron chi connectivity index (χ3n) is 12.7. The number of rotatable bonds is 5. The summed E-state index contributed by atoms with van der Waals surface area (Å²) in [5, 5.41) is 0. The minimum Gasteiger partial charge on any atom is -0.299 e. The van der Waals surface area contributed by atoms with Gasteiger partial charge in [-0.15, -0.1) is 0 Å². The Kier molecular flexibility index (Phi) is 4.95. The van der Waals surface area contributed by atoms with E-state index in [9.17, 15) is 9.59 Å². The highest BCUT2D eigenvalue weighted by Gasteiger charge is 2.81. The van der Waals surface area contributed by atoms with Crippen molar-refractivity contribution in [3.8, 4) is 0 Å². The first-order valence-corrected chi connectivity index (χ1v) is 13.6. The summed E-state index contributed by atoms with van der Waals surface area (Å²) in [6.07, 6.45) is 13.5. The average molecular weight is 427 g/mol. The molecular formula is C29H46O2. The quantitative estimate of drug-likeness (QED) is 0.464. The molecule has 5 aliphatic carbocycles. The summed E-state index contributed by atoms with van der Waals surface area (Å²) in [5.74, 6) is 4.45. The molecule has 0 saturated heterocycles. The molecule has 31 heavy (non-hydrogen) atoms. The van der Waals surface area contributed by atoms with Crippen LogP contribution in [0.3, 0.4) is 0 Å². The maximum absolute atomic E-state index is 12.5. The topological polar surface area (TPSA) is 34.1 Å². The fourth-order valence-electron chi connectivity index (χ4n) is 10.7. The van der Waals surface area contributed by atoms with Crippen molar-refractivity contribution in [3.05, 3.63) is 0 Å². The lowest BCUT2D eigenvalue weighted by molar-refractivity contribution is -0.146. The Morgan fingerprint density at radius 3 is 2.42 bits per heavy atom. The molecular weight excluding hydrogens is 380 g/mol. The van der Waals surface area contributed by atoms with E-state index in [0.29, 0.717) is 51.0 Å². The molecule has 5 fully saturated rings. The minimum absolute atomic E-state index is 0.178. The standard InChI is InChI=1S/C29H46O2/c1-18(2)23(30)9-7-19(3)21-11-13-27(6)25-10-8-22-20(4)24(31)12-14-28(22)17-29(25,28)16-15-26(21,27)5/h18-22,25H,7-17H2,1-6H3.